The van der Waals surface area contributed by atoms with Gasteiger partial charge in [0.2, 0.25) is 0 Å². The molecule has 0 atom stereocenters. The third-order valence-corrected chi connectivity index (χ3v) is 4.24. The summed E-state index contributed by atoms with van der Waals surface area (Å²) in [4.78, 5) is 12.2. The van der Waals surface area contributed by atoms with Crippen molar-refractivity contribution in [2.24, 2.45) is 7.05 Å². The number of anilines is 1. The standard InChI is InChI=1S/C13H12ClN3OS/c1-17-12(10-6-19-7-11(10)16-17)15-13(18)8-3-2-4-9(14)5-8/h2-5H,6-7H2,1H3,(H,15,18). The van der Waals surface area contributed by atoms with Crippen LogP contribution in [0, 0.1) is 0 Å². The number of nitrogens with zero attached hydrogens (tertiary/aromatic N) is 2. The molecule has 1 amide bonds. The number of aryl methyl sites for hydroxylation is 1. The molecule has 0 aliphatic carbocycles. The summed E-state index contributed by atoms with van der Waals surface area (Å²) in [7, 11) is 1.84. The fourth-order valence-electron chi connectivity index (χ4n) is 2.11. The number of hydrogen-bond acceptors (Lipinski definition) is 3. The number of rotatable bonds is 2. The second-order valence-corrected chi connectivity index (χ2v) is 5.78. The summed E-state index contributed by atoms with van der Waals surface area (Å²) >= 11 is 7.70. The molecule has 4 nitrogen and oxygen atoms in total. The number of carbonyl (C=O) groups excluding carboxylic acids is 1. The Bertz CT molecular complexity index is 653. The number of nitrogens with one attached hydrogen (secondary N) is 1. The molecule has 0 fully saturated rings. The van der Waals surface area contributed by atoms with Gasteiger partial charge in [-0.25, -0.2) is 0 Å². The van der Waals surface area contributed by atoms with Gasteiger partial charge in [-0.1, -0.05) is 17.7 Å². The molecule has 1 aromatic carbocycles. The molecule has 1 N–H and O–H groups in total. The number of amides is 1. The second kappa shape index (κ2) is 4.90. The SMILES string of the molecule is Cn1nc2c(c1NC(=O)c1cccc(Cl)c1)CSC2. The van der Waals surface area contributed by atoms with Crippen LogP contribution in [0.25, 0.3) is 0 Å². The van der Waals surface area contributed by atoms with Crippen molar-refractivity contribution >= 4 is 35.1 Å². The van der Waals surface area contributed by atoms with Gasteiger partial charge in [0.05, 0.1) is 5.69 Å². The van der Waals surface area contributed by atoms with E-state index < -0.39 is 0 Å². The van der Waals surface area contributed by atoms with Crippen LogP contribution in [0.15, 0.2) is 24.3 Å². The summed E-state index contributed by atoms with van der Waals surface area (Å²) in [6.07, 6.45) is 0. The first-order chi connectivity index (χ1) is 9.15. The maximum absolute atomic E-state index is 12.2. The Labute approximate surface area is 120 Å². The highest BCUT2D eigenvalue weighted by atomic mass is 35.5. The second-order valence-electron chi connectivity index (χ2n) is 4.35. The summed E-state index contributed by atoms with van der Waals surface area (Å²) in [6, 6.07) is 6.91. The molecule has 1 aliphatic heterocycles. The number of halogens is 1. The molecule has 0 saturated heterocycles. The number of benzene rings is 1. The van der Waals surface area contributed by atoms with E-state index in [0.29, 0.717) is 10.6 Å². The molecule has 0 unspecified atom stereocenters. The molecule has 1 aromatic heterocycles. The summed E-state index contributed by atoms with van der Waals surface area (Å²) in [6.45, 7) is 0. The molecule has 0 radical (unpaired) electrons. The average molecular weight is 294 g/mol. The smallest absolute Gasteiger partial charge is 0.256 e. The van der Waals surface area contributed by atoms with Gasteiger partial charge in [-0.05, 0) is 18.2 Å². The lowest BCUT2D eigenvalue weighted by Gasteiger charge is -2.07. The Kier molecular flexibility index (Phi) is 3.24. The van der Waals surface area contributed by atoms with E-state index in [2.05, 4.69) is 10.4 Å². The minimum atomic E-state index is -0.162. The predicted molar refractivity (Wildman–Crippen MR) is 77.6 cm³/mol. The third-order valence-electron chi connectivity index (χ3n) is 3.03. The highest BCUT2D eigenvalue weighted by Gasteiger charge is 2.22. The number of fused-ring (bicyclic) bond motifs is 1. The van der Waals surface area contributed by atoms with Crippen molar-refractivity contribution in [1.29, 1.82) is 0 Å². The highest BCUT2D eigenvalue weighted by molar-refractivity contribution is 7.98. The first-order valence-corrected chi connectivity index (χ1v) is 7.38. The predicted octanol–water partition coefficient (Wildman–Crippen LogP) is 3.07. The van der Waals surface area contributed by atoms with Crippen molar-refractivity contribution in [3.8, 4) is 0 Å². The van der Waals surface area contributed by atoms with Crippen LogP contribution in [0.1, 0.15) is 21.6 Å². The lowest BCUT2D eigenvalue weighted by atomic mass is 10.2. The maximum Gasteiger partial charge on any atom is 0.256 e. The summed E-state index contributed by atoms with van der Waals surface area (Å²) in [5.74, 6) is 2.43. The molecular formula is C13H12ClN3OS. The molecule has 19 heavy (non-hydrogen) atoms. The van der Waals surface area contributed by atoms with Crippen molar-refractivity contribution in [2.45, 2.75) is 11.5 Å². The first-order valence-electron chi connectivity index (χ1n) is 5.84. The van der Waals surface area contributed by atoms with Crippen LogP contribution in [0.4, 0.5) is 5.82 Å². The van der Waals surface area contributed by atoms with Gasteiger partial charge in [0, 0.05) is 34.7 Å². The fraction of sp³-hybridized carbons (Fsp3) is 0.231. The number of carbonyl (C=O) groups is 1. The van der Waals surface area contributed by atoms with Crippen molar-refractivity contribution < 1.29 is 4.79 Å². The van der Waals surface area contributed by atoms with E-state index in [0.717, 1.165) is 28.6 Å². The lowest BCUT2D eigenvalue weighted by Crippen LogP contribution is -2.15. The van der Waals surface area contributed by atoms with Gasteiger partial charge in [0.1, 0.15) is 5.82 Å². The van der Waals surface area contributed by atoms with Gasteiger partial charge >= 0.3 is 0 Å². The van der Waals surface area contributed by atoms with Gasteiger partial charge in [-0.3, -0.25) is 9.48 Å². The van der Waals surface area contributed by atoms with E-state index in [-0.39, 0.29) is 5.91 Å². The fourth-order valence-corrected chi connectivity index (χ4v) is 3.33. The summed E-state index contributed by atoms with van der Waals surface area (Å²) in [5, 5.41) is 7.89. The molecule has 6 heteroatoms. The third kappa shape index (κ3) is 2.35. The zero-order chi connectivity index (χ0) is 13.4. The molecule has 0 spiro atoms. The maximum atomic E-state index is 12.2. The monoisotopic (exact) mass is 293 g/mol. The van der Waals surface area contributed by atoms with Crippen LogP contribution >= 0.6 is 23.4 Å². The Morgan fingerprint density at radius 2 is 2.32 bits per heavy atom. The van der Waals surface area contributed by atoms with E-state index in [1.54, 1.807) is 28.9 Å². The number of hydrogen-bond donors (Lipinski definition) is 1. The highest BCUT2D eigenvalue weighted by Crippen LogP contribution is 2.34. The minimum Gasteiger partial charge on any atom is -0.307 e. The quantitative estimate of drug-likeness (QED) is 0.925. The Morgan fingerprint density at radius 3 is 3.11 bits per heavy atom. The summed E-state index contributed by atoms with van der Waals surface area (Å²) in [5.41, 5.74) is 2.74. The topological polar surface area (TPSA) is 46.9 Å². The Hall–Kier alpha value is -1.46. The minimum absolute atomic E-state index is 0.162. The van der Waals surface area contributed by atoms with Crippen molar-refractivity contribution in [1.82, 2.24) is 9.78 Å². The molecule has 2 aromatic rings. The van der Waals surface area contributed by atoms with E-state index in [1.165, 1.54) is 0 Å². The Morgan fingerprint density at radius 1 is 1.47 bits per heavy atom. The van der Waals surface area contributed by atoms with E-state index in [4.69, 9.17) is 11.6 Å². The largest absolute Gasteiger partial charge is 0.307 e. The zero-order valence-corrected chi connectivity index (χ0v) is 11.9. The first kappa shape index (κ1) is 12.6. The van der Waals surface area contributed by atoms with Crippen molar-refractivity contribution in [3.63, 3.8) is 0 Å². The zero-order valence-electron chi connectivity index (χ0n) is 10.3. The molecular weight excluding hydrogens is 282 g/mol. The van der Waals surface area contributed by atoms with Crippen molar-refractivity contribution in [3.05, 3.63) is 46.1 Å². The van der Waals surface area contributed by atoms with Crippen LogP contribution in [0.5, 0.6) is 0 Å². The van der Waals surface area contributed by atoms with Gasteiger partial charge in [-0.15, -0.1) is 0 Å². The van der Waals surface area contributed by atoms with E-state index in [9.17, 15) is 4.79 Å². The molecule has 0 saturated carbocycles. The van der Waals surface area contributed by atoms with Gasteiger partial charge < -0.3 is 5.32 Å². The molecule has 2 heterocycles. The van der Waals surface area contributed by atoms with Crippen LogP contribution in [-0.4, -0.2) is 15.7 Å². The van der Waals surface area contributed by atoms with E-state index >= 15 is 0 Å². The van der Waals surface area contributed by atoms with Crippen LogP contribution < -0.4 is 5.32 Å². The number of thioether (sulfide) groups is 1. The van der Waals surface area contributed by atoms with Crippen LogP contribution in [0.3, 0.4) is 0 Å². The molecule has 3 rings (SSSR count). The Balaban J connectivity index is 1.88. The average Bonchev–Trinajstić information content (AvgIpc) is 2.93. The molecule has 0 bridgehead atoms. The van der Waals surface area contributed by atoms with Crippen molar-refractivity contribution in [2.75, 3.05) is 5.32 Å². The van der Waals surface area contributed by atoms with Gasteiger partial charge in [-0.2, -0.15) is 16.9 Å². The van der Waals surface area contributed by atoms with Gasteiger partial charge in [0.25, 0.3) is 5.91 Å². The number of aromatic nitrogens is 2. The molecule has 98 valence electrons. The lowest BCUT2D eigenvalue weighted by molar-refractivity contribution is 0.102. The normalized spacial score (nSPS) is 13.4. The van der Waals surface area contributed by atoms with Gasteiger partial charge in [0.15, 0.2) is 0 Å². The summed E-state index contributed by atoms with van der Waals surface area (Å²) < 4.78 is 1.73. The van der Waals surface area contributed by atoms with Crippen LogP contribution in [0.2, 0.25) is 5.02 Å². The van der Waals surface area contributed by atoms with E-state index in [1.807, 2.05) is 18.8 Å². The molecule has 1 aliphatic rings. The van der Waals surface area contributed by atoms with Crippen LogP contribution in [-0.2, 0) is 18.6 Å².